The molecule has 4 nitrogen and oxygen atoms in total. The van der Waals surface area contributed by atoms with E-state index in [0.717, 1.165) is 5.56 Å². The maximum absolute atomic E-state index is 12.0. The van der Waals surface area contributed by atoms with E-state index >= 15 is 0 Å². The standard InChI is InChI=1S/C13H18ClNO3S/c1-4-12(16)15(11(8-17-2)9-18-3)7-10-5-6-19-13(10)14/h4-6,11H,1,7-9H2,2-3H3. The van der Waals surface area contributed by atoms with E-state index in [1.807, 2.05) is 11.4 Å². The summed E-state index contributed by atoms with van der Waals surface area (Å²) in [6.07, 6.45) is 1.29. The second kappa shape index (κ2) is 8.32. The monoisotopic (exact) mass is 303 g/mol. The molecule has 0 radical (unpaired) electrons. The van der Waals surface area contributed by atoms with Gasteiger partial charge in [0.05, 0.1) is 23.6 Å². The highest BCUT2D eigenvalue weighted by molar-refractivity contribution is 7.14. The molecular weight excluding hydrogens is 286 g/mol. The molecule has 6 heteroatoms. The van der Waals surface area contributed by atoms with Crippen molar-refractivity contribution < 1.29 is 14.3 Å². The summed E-state index contributed by atoms with van der Waals surface area (Å²) in [6, 6.07) is 1.74. The van der Waals surface area contributed by atoms with Crippen LogP contribution in [-0.2, 0) is 20.8 Å². The van der Waals surface area contributed by atoms with Crippen LogP contribution >= 0.6 is 22.9 Å². The summed E-state index contributed by atoms with van der Waals surface area (Å²) < 4.78 is 11.0. The topological polar surface area (TPSA) is 38.8 Å². The quantitative estimate of drug-likeness (QED) is 0.693. The summed E-state index contributed by atoms with van der Waals surface area (Å²) >= 11 is 7.53. The Morgan fingerprint density at radius 3 is 2.58 bits per heavy atom. The Morgan fingerprint density at radius 1 is 1.53 bits per heavy atom. The van der Waals surface area contributed by atoms with Crippen molar-refractivity contribution in [3.63, 3.8) is 0 Å². The number of hydrogen-bond donors (Lipinski definition) is 0. The molecule has 0 fully saturated rings. The van der Waals surface area contributed by atoms with Gasteiger partial charge in [-0.25, -0.2) is 0 Å². The molecule has 0 spiro atoms. The first-order valence-corrected chi connectivity index (χ1v) is 7.02. The van der Waals surface area contributed by atoms with Crippen molar-refractivity contribution >= 4 is 28.8 Å². The fraction of sp³-hybridized carbons (Fsp3) is 0.462. The SMILES string of the molecule is C=CC(=O)N(Cc1ccsc1Cl)C(COC)COC. The fourth-order valence-corrected chi connectivity index (χ4v) is 2.65. The van der Waals surface area contributed by atoms with Gasteiger partial charge in [-0.15, -0.1) is 11.3 Å². The highest BCUT2D eigenvalue weighted by atomic mass is 35.5. The third-order valence-electron chi connectivity index (χ3n) is 2.65. The van der Waals surface area contributed by atoms with Gasteiger partial charge in [-0.2, -0.15) is 0 Å². The normalized spacial score (nSPS) is 10.7. The number of carbonyl (C=O) groups excluding carboxylic acids is 1. The number of nitrogens with zero attached hydrogens (tertiary/aromatic N) is 1. The molecule has 1 aromatic heterocycles. The van der Waals surface area contributed by atoms with Crippen LogP contribution in [0.4, 0.5) is 0 Å². The molecule has 0 aliphatic carbocycles. The molecule has 0 aliphatic heterocycles. The van der Waals surface area contributed by atoms with E-state index in [1.54, 1.807) is 19.1 Å². The van der Waals surface area contributed by atoms with Crippen molar-refractivity contribution in [2.45, 2.75) is 12.6 Å². The zero-order valence-electron chi connectivity index (χ0n) is 11.1. The largest absolute Gasteiger partial charge is 0.382 e. The second-order valence-corrected chi connectivity index (χ2v) is 5.47. The van der Waals surface area contributed by atoms with E-state index in [0.29, 0.717) is 24.1 Å². The molecule has 0 N–H and O–H groups in total. The number of thiophene rings is 1. The Kier molecular flexibility index (Phi) is 7.09. The minimum Gasteiger partial charge on any atom is -0.382 e. The average Bonchev–Trinajstić information content (AvgIpc) is 2.80. The van der Waals surface area contributed by atoms with E-state index < -0.39 is 0 Å². The molecule has 1 aromatic rings. The van der Waals surface area contributed by atoms with Crippen molar-refractivity contribution in [3.05, 3.63) is 34.0 Å². The summed E-state index contributed by atoms with van der Waals surface area (Å²) in [4.78, 5) is 13.7. The van der Waals surface area contributed by atoms with Crippen LogP contribution in [0.1, 0.15) is 5.56 Å². The van der Waals surface area contributed by atoms with Crippen LogP contribution in [0.15, 0.2) is 24.1 Å². The molecule has 0 aliphatic rings. The second-order valence-electron chi connectivity index (χ2n) is 3.95. The van der Waals surface area contributed by atoms with Crippen molar-refractivity contribution in [1.29, 1.82) is 0 Å². The van der Waals surface area contributed by atoms with E-state index in [4.69, 9.17) is 21.1 Å². The van der Waals surface area contributed by atoms with Gasteiger partial charge in [0.25, 0.3) is 0 Å². The summed E-state index contributed by atoms with van der Waals surface area (Å²) in [7, 11) is 3.19. The van der Waals surface area contributed by atoms with Crippen molar-refractivity contribution in [3.8, 4) is 0 Å². The highest BCUT2D eigenvalue weighted by Crippen LogP contribution is 2.25. The minimum absolute atomic E-state index is 0.165. The highest BCUT2D eigenvalue weighted by Gasteiger charge is 2.23. The first kappa shape index (κ1) is 16.2. The van der Waals surface area contributed by atoms with Gasteiger partial charge in [0.2, 0.25) is 5.91 Å². The zero-order valence-corrected chi connectivity index (χ0v) is 12.7. The molecule has 0 unspecified atom stereocenters. The van der Waals surface area contributed by atoms with Crippen LogP contribution in [0.5, 0.6) is 0 Å². The maximum Gasteiger partial charge on any atom is 0.246 e. The number of rotatable bonds is 8. The molecule has 0 saturated heterocycles. The molecule has 0 saturated carbocycles. The average molecular weight is 304 g/mol. The Bertz CT molecular complexity index is 416. The molecule has 1 rings (SSSR count). The first-order chi connectivity index (χ1) is 9.13. The van der Waals surface area contributed by atoms with Crippen LogP contribution in [-0.4, -0.2) is 44.3 Å². The van der Waals surface area contributed by atoms with Crippen molar-refractivity contribution in [2.75, 3.05) is 27.4 Å². The van der Waals surface area contributed by atoms with Crippen LogP contribution in [0, 0.1) is 0 Å². The van der Waals surface area contributed by atoms with Gasteiger partial charge in [-0.05, 0) is 17.5 Å². The zero-order chi connectivity index (χ0) is 14.3. The van der Waals surface area contributed by atoms with Gasteiger partial charge >= 0.3 is 0 Å². The summed E-state index contributed by atoms with van der Waals surface area (Å²) in [5, 5.41) is 1.90. The third kappa shape index (κ3) is 4.62. The molecule has 106 valence electrons. The maximum atomic E-state index is 12.0. The van der Waals surface area contributed by atoms with Crippen LogP contribution < -0.4 is 0 Å². The van der Waals surface area contributed by atoms with E-state index in [9.17, 15) is 4.79 Å². The summed E-state index contributed by atoms with van der Waals surface area (Å²) in [5.74, 6) is -0.165. The third-order valence-corrected chi connectivity index (χ3v) is 3.90. The molecule has 0 aromatic carbocycles. The Morgan fingerprint density at radius 2 is 2.16 bits per heavy atom. The molecule has 0 bridgehead atoms. The lowest BCUT2D eigenvalue weighted by Crippen LogP contribution is -2.44. The van der Waals surface area contributed by atoms with Gasteiger partial charge in [-0.3, -0.25) is 4.79 Å². The number of ether oxygens (including phenoxy) is 2. The lowest BCUT2D eigenvalue weighted by molar-refractivity contribution is -0.131. The van der Waals surface area contributed by atoms with Gasteiger partial charge < -0.3 is 14.4 Å². The lowest BCUT2D eigenvalue weighted by Gasteiger charge is -2.30. The Balaban J connectivity index is 2.89. The van der Waals surface area contributed by atoms with Gasteiger partial charge in [0.15, 0.2) is 0 Å². The van der Waals surface area contributed by atoms with Gasteiger partial charge in [-0.1, -0.05) is 18.2 Å². The van der Waals surface area contributed by atoms with Crippen molar-refractivity contribution in [1.82, 2.24) is 4.90 Å². The van der Waals surface area contributed by atoms with Crippen LogP contribution in [0.2, 0.25) is 4.34 Å². The molecule has 19 heavy (non-hydrogen) atoms. The number of amides is 1. The summed E-state index contributed by atoms with van der Waals surface area (Å²) in [5.41, 5.74) is 0.916. The minimum atomic E-state index is -0.170. The smallest absolute Gasteiger partial charge is 0.246 e. The molecular formula is C13H18ClNO3S. The van der Waals surface area contributed by atoms with Crippen LogP contribution in [0.3, 0.4) is 0 Å². The lowest BCUT2D eigenvalue weighted by atomic mass is 10.2. The summed E-state index contributed by atoms with van der Waals surface area (Å²) in [6.45, 7) is 4.75. The van der Waals surface area contributed by atoms with Crippen LogP contribution in [0.25, 0.3) is 0 Å². The number of carbonyl (C=O) groups is 1. The number of halogens is 1. The number of methoxy groups -OCH3 is 2. The Labute approximate surface area is 122 Å². The van der Waals surface area contributed by atoms with E-state index in [-0.39, 0.29) is 11.9 Å². The van der Waals surface area contributed by atoms with E-state index in [2.05, 4.69) is 6.58 Å². The predicted molar refractivity (Wildman–Crippen MR) is 77.6 cm³/mol. The van der Waals surface area contributed by atoms with E-state index in [1.165, 1.54) is 17.4 Å². The molecule has 1 amide bonds. The molecule has 1 heterocycles. The fourth-order valence-electron chi connectivity index (χ4n) is 1.73. The van der Waals surface area contributed by atoms with Gasteiger partial charge in [0.1, 0.15) is 0 Å². The predicted octanol–water partition coefficient (Wildman–Crippen LogP) is 2.58. The number of hydrogen-bond acceptors (Lipinski definition) is 4. The molecule has 0 atom stereocenters. The Hall–Kier alpha value is -0.880. The van der Waals surface area contributed by atoms with Gasteiger partial charge in [0, 0.05) is 26.3 Å². The first-order valence-electron chi connectivity index (χ1n) is 5.76. The van der Waals surface area contributed by atoms with Crippen molar-refractivity contribution in [2.24, 2.45) is 0 Å².